The molecule has 1 unspecified atom stereocenters. The highest BCUT2D eigenvalue weighted by molar-refractivity contribution is 8.03. The van der Waals surface area contributed by atoms with Crippen molar-refractivity contribution in [3.05, 3.63) is 91.0 Å². The van der Waals surface area contributed by atoms with Crippen LogP contribution in [0.1, 0.15) is 39.5 Å². The summed E-state index contributed by atoms with van der Waals surface area (Å²) in [7, 11) is -10.2. The van der Waals surface area contributed by atoms with Gasteiger partial charge in [0, 0.05) is 12.3 Å². The molecule has 0 saturated carbocycles. The van der Waals surface area contributed by atoms with Crippen molar-refractivity contribution in [1.82, 2.24) is 0 Å². The summed E-state index contributed by atoms with van der Waals surface area (Å²) in [6, 6.07) is 33.9. The zero-order valence-corrected chi connectivity index (χ0v) is 23.8. The van der Waals surface area contributed by atoms with Crippen LogP contribution < -0.4 is 34.5 Å². The molecule has 0 aliphatic heterocycles. The second kappa shape index (κ2) is 14.8. The normalized spacial score (nSPS) is 12.7. The molecule has 0 aromatic heterocycles. The van der Waals surface area contributed by atoms with E-state index in [1.807, 2.05) is 54.6 Å². The SMILES string of the molecule is CCCCP(=O)(CCCC)C(C#N)[P+](c1ccccc1)(c1ccccc1)c1ccccc1.[O-][Cl+3]([O-])([O-])[O-]. The van der Waals surface area contributed by atoms with Gasteiger partial charge in [-0.05, 0) is 49.2 Å². The summed E-state index contributed by atoms with van der Waals surface area (Å²) in [5, 5.41) is 13.7. The Morgan fingerprint density at radius 2 is 1.03 bits per heavy atom. The molecule has 1 atom stereocenters. The second-order valence-corrected chi connectivity index (χ2v) is 16.7. The second-order valence-electron chi connectivity index (χ2n) is 8.72. The van der Waals surface area contributed by atoms with E-state index in [1.54, 1.807) is 0 Å². The molecular formula is C28H34ClNO5P2. The fourth-order valence-corrected chi connectivity index (χ4v) is 15.5. The number of nitriles is 1. The number of benzene rings is 3. The summed E-state index contributed by atoms with van der Waals surface area (Å²) in [6.07, 6.45) is 5.07. The van der Waals surface area contributed by atoms with Gasteiger partial charge in [-0.25, -0.2) is 18.6 Å². The maximum atomic E-state index is 14.8. The number of unbranched alkanes of at least 4 members (excludes halogenated alkanes) is 2. The third-order valence-electron chi connectivity index (χ3n) is 6.20. The minimum absolute atomic E-state index is 0.528. The lowest BCUT2D eigenvalue weighted by atomic mass is 10.4. The largest absolute Gasteiger partial charge is 0.318 e. The molecule has 0 fully saturated rings. The number of halogens is 1. The highest BCUT2D eigenvalue weighted by Gasteiger charge is 2.59. The van der Waals surface area contributed by atoms with Gasteiger partial charge in [-0.2, -0.15) is 5.26 Å². The van der Waals surface area contributed by atoms with Crippen molar-refractivity contribution >= 4 is 30.3 Å². The van der Waals surface area contributed by atoms with Crippen LogP contribution in [0.4, 0.5) is 0 Å². The number of hydrogen-bond donors (Lipinski definition) is 0. The van der Waals surface area contributed by atoms with Crippen LogP contribution in [0.25, 0.3) is 0 Å². The number of nitrogens with zero attached hydrogens (tertiary/aromatic N) is 1. The van der Waals surface area contributed by atoms with Crippen molar-refractivity contribution in [2.75, 3.05) is 12.3 Å². The van der Waals surface area contributed by atoms with Crippen molar-refractivity contribution < 1.29 is 33.4 Å². The highest BCUT2D eigenvalue weighted by Crippen LogP contribution is 2.73. The molecule has 0 bridgehead atoms. The van der Waals surface area contributed by atoms with Crippen molar-refractivity contribution in [2.45, 2.75) is 44.9 Å². The first-order valence-corrected chi connectivity index (χ1v) is 17.5. The smallest absolute Gasteiger partial charge is 0.219 e. The predicted octanol–water partition coefficient (Wildman–Crippen LogP) is 2.04. The van der Waals surface area contributed by atoms with Crippen LogP contribution >= 0.6 is 14.4 Å². The summed E-state index contributed by atoms with van der Waals surface area (Å²) < 4.78 is 48.8. The number of rotatable bonds is 11. The van der Waals surface area contributed by atoms with E-state index < -0.39 is 30.0 Å². The standard InChI is InChI=1S/C28H34NOP2.ClHO4/c1-3-5-22-31(30,23-6-4-2)28(24-29)32(25-16-10-7-11-17-25,26-18-12-8-13-19-26)27-20-14-9-15-21-27;2-1(3,4)5/h7-21,28H,3-6,22-23H2,1-2H3;(H,2,3,4,5)/q+1;/p-1. The van der Waals surface area contributed by atoms with Gasteiger partial charge in [0.15, 0.2) is 0 Å². The van der Waals surface area contributed by atoms with E-state index in [0.29, 0.717) is 12.3 Å². The Balaban J connectivity index is 0.000000877. The van der Waals surface area contributed by atoms with Crippen LogP contribution in [0.5, 0.6) is 0 Å². The Bertz CT molecular complexity index is 1040. The van der Waals surface area contributed by atoms with Gasteiger partial charge in [-0.15, -0.1) is 10.2 Å². The number of hydrogen-bond acceptors (Lipinski definition) is 6. The van der Waals surface area contributed by atoms with Gasteiger partial charge in [0.2, 0.25) is 5.40 Å². The van der Waals surface area contributed by atoms with Crippen LogP contribution in [-0.2, 0) is 4.57 Å². The van der Waals surface area contributed by atoms with Crippen molar-refractivity contribution in [2.24, 2.45) is 0 Å². The van der Waals surface area contributed by atoms with E-state index in [-0.39, 0.29) is 0 Å². The van der Waals surface area contributed by atoms with E-state index in [4.69, 9.17) is 18.6 Å². The molecule has 3 rings (SSSR count). The molecule has 9 heteroatoms. The Hall–Kier alpha value is -2.06. The van der Waals surface area contributed by atoms with Crippen molar-refractivity contribution in [3.8, 4) is 6.07 Å². The molecule has 198 valence electrons. The van der Waals surface area contributed by atoms with Crippen LogP contribution in [0, 0.1) is 21.6 Å². The van der Waals surface area contributed by atoms with Gasteiger partial charge in [0.1, 0.15) is 36.4 Å². The maximum absolute atomic E-state index is 14.8. The highest BCUT2D eigenvalue weighted by atomic mass is 35.7. The molecule has 37 heavy (non-hydrogen) atoms. The fraction of sp³-hybridized carbons (Fsp3) is 0.321. The molecule has 0 spiro atoms. The molecular weight excluding hydrogens is 528 g/mol. The molecule has 0 radical (unpaired) electrons. The van der Waals surface area contributed by atoms with Crippen LogP contribution in [0.15, 0.2) is 91.0 Å². The van der Waals surface area contributed by atoms with Crippen molar-refractivity contribution in [1.29, 1.82) is 5.26 Å². The molecule has 0 heterocycles. The monoisotopic (exact) mass is 561 g/mol. The molecule has 0 saturated heterocycles. The molecule has 0 N–H and O–H groups in total. The van der Waals surface area contributed by atoms with Crippen LogP contribution in [0.3, 0.4) is 0 Å². The average Bonchev–Trinajstić information content (AvgIpc) is 2.90. The van der Waals surface area contributed by atoms with E-state index in [1.165, 1.54) is 0 Å². The topological polar surface area (TPSA) is 133 Å². The van der Waals surface area contributed by atoms with E-state index in [2.05, 4.69) is 56.3 Å². The minimum Gasteiger partial charge on any atom is -0.318 e. The van der Waals surface area contributed by atoms with E-state index in [9.17, 15) is 9.83 Å². The molecule has 3 aromatic carbocycles. The minimum atomic E-state index is -4.94. The maximum Gasteiger partial charge on any atom is 0.219 e. The Labute approximate surface area is 223 Å². The first kappa shape index (κ1) is 31.2. The van der Waals surface area contributed by atoms with E-state index >= 15 is 0 Å². The molecule has 6 nitrogen and oxygen atoms in total. The van der Waals surface area contributed by atoms with Gasteiger partial charge in [0.25, 0.3) is 0 Å². The van der Waals surface area contributed by atoms with Gasteiger partial charge in [-0.3, -0.25) is 0 Å². The summed E-state index contributed by atoms with van der Waals surface area (Å²) >= 11 is 0. The first-order chi connectivity index (χ1) is 17.6. The van der Waals surface area contributed by atoms with Crippen molar-refractivity contribution in [3.63, 3.8) is 0 Å². The quantitative estimate of drug-likeness (QED) is 0.329. The average molecular weight is 562 g/mol. The first-order valence-electron chi connectivity index (χ1n) is 12.3. The van der Waals surface area contributed by atoms with Gasteiger partial charge in [-0.1, -0.05) is 81.3 Å². The zero-order chi connectivity index (χ0) is 27.4. The van der Waals surface area contributed by atoms with Gasteiger partial charge in [0.05, 0.1) is 0 Å². The van der Waals surface area contributed by atoms with Crippen LogP contribution in [-0.4, -0.2) is 17.7 Å². The third kappa shape index (κ3) is 8.47. The lowest BCUT2D eigenvalue weighted by Crippen LogP contribution is -2.68. The summed E-state index contributed by atoms with van der Waals surface area (Å²) in [6.45, 7) is 4.28. The molecule has 3 aromatic rings. The summed E-state index contributed by atoms with van der Waals surface area (Å²) in [5.41, 5.74) is 0. The Morgan fingerprint density at radius 1 is 0.730 bits per heavy atom. The Morgan fingerprint density at radius 3 is 1.27 bits per heavy atom. The lowest BCUT2D eigenvalue weighted by molar-refractivity contribution is -2.00. The fourth-order valence-electron chi connectivity index (χ4n) is 4.58. The predicted molar refractivity (Wildman–Crippen MR) is 142 cm³/mol. The third-order valence-corrected chi connectivity index (χ3v) is 15.8. The van der Waals surface area contributed by atoms with Gasteiger partial charge < -0.3 is 4.57 Å². The lowest BCUT2D eigenvalue weighted by Gasteiger charge is -2.35. The molecule has 0 aliphatic carbocycles. The zero-order valence-electron chi connectivity index (χ0n) is 21.2. The summed E-state index contributed by atoms with van der Waals surface area (Å²) in [4.78, 5) is 0. The van der Waals surface area contributed by atoms with Gasteiger partial charge >= 0.3 is 0 Å². The molecule has 0 aliphatic rings. The summed E-state index contributed by atoms with van der Waals surface area (Å²) in [5.74, 6) is 0. The molecule has 0 amide bonds. The van der Waals surface area contributed by atoms with E-state index in [0.717, 1.165) is 41.6 Å². The van der Waals surface area contributed by atoms with Crippen LogP contribution in [0.2, 0.25) is 0 Å². The Kier molecular flexibility index (Phi) is 12.4.